The van der Waals surface area contributed by atoms with Crippen molar-refractivity contribution in [2.24, 2.45) is 10.8 Å². The molecule has 166 valence electrons. The van der Waals surface area contributed by atoms with Crippen molar-refractivity contribution < 1.29 is 34.3 Å². The third-order valence-electron chi connectivity index (χ3n) is 7.90. The lowest BCUT2D eigenvalue weighted by Gasteiger charge is -2.58. The highest BCUT2D eigenvalue weighted by molar-refractivity contribution is 5.82. The van der Waals surface area contributed by atoms with E-state index in [1.165, 1.54) is 36.8 Å². The summed E-state index contributed by atoms with van der Waals surface area (Å²) in [4.78, 5) is 12.5. The first-order valence-corrected chi connectivity index (χ1v) is 10.7. The molecule has 3 N–H and O–H groups in total. The van der Waals surface area contributed by atoms with Crippen molar-refractivity contribution in [1.29, 1.82) is 0 Å². The average Bonchev–Trinajstić information content (AvgIpc) is 3.48. The molecular weight excluding hydrogens is 388 g/mol. The van der Waals surface area contributed by atoms with Gasteiger partial charge in [-0.25, -0.2) is 4.79 Å². The fraction of sp³-hybridized carbons (Fsp3) is 0.696. The fourth-order valence-electron chi connectivity index (χ4n) is 5.82. The number of epoxide rings is 1. The molecule has 2 bridgehead atoms. The minimum atomic E-state index is -0.994. The van der Waals surface area contributed by atoms with E-state index < -0.39 is 40.7 Å². The molecule has 7 nitrogen and oxygen atoms in total. The Morgan fingerprint density at radius 3 is 2.77 bits per heavy atom. The lowest BCUT2D eigenvalue weighted by Crippen LogP contribution is -2.66. The zero-order valence-electron chi connectivity index (χ0n) is 17.8. The fourth-order valence-corrected chi connectivity index (χ4v) is 5.82. The Bertz CT molecular complexity index is 780. The molecule has 4 rings (SSSR count). The van der Waals surface area contributed by atoms with E-state index in [0.29, 0.717) is 13.0 Å². The molecule has 2 aliphatic carbocycles. The van der Waals surface area contributed by atoms with E-state index in [1.54, 1.807) is 0 Å². The standard InChI is InChI=1S/C23H32O7/c1-14-8-9-22(12-24)18(10-14)29-19-11-17(21(22,3)23(19)13-28-23)30-20(27)7-5-4-6-16(26)15(2)25/h4-7,10,15-19,24-26H,8-9,11-13H2,1-3H3/b6-4+,7-5+/t15-,16?,17+,18+,19+,21+,22-,23-/m0/s1. The minimum Gasteiger partial charge on any atom is -0.458 e. The quantitative estimate of drug-likeness (QED) is 0.196. The predicted octanol–water partition coefficient (Wildman–Crippen LogP) is 1.42. The second-order valence-corrected chi connectivity index (χ2v) is 9.39. The maximum absolute atomic E-state index is 12.5. The van der Waals surface area contributed by atoms with Crippen LogP contribution in [-0.2, 0) is 19.0 Å². The van der Waals surface area contributed by atoms with Gasteiger partial charge in [-0.05, 0) is 26.7 Å². The molecule has 0 aromatic heterocycles. The zero-order valence-corrected chi connectivity index (χ0v) is 17.8. The summed E-state index contributed by atoms with van der Waals surface area (Å²) in [5.41, 5.74) is -0.378. The number of hydrogen-bond donors (Lipinski definition) is 3. The lowest BCUT2D eigenvalue weighted by molar-refractivity contribution is -0.228. The van der Waals surface area contributed by atoms with Gasteiger partial charge in [-0.15, -0.1) is 0 Å². The number of allylic oxidation sites excluding steroid dienone is 3. The smallest absolute Gasteiger partial charge is 0.331 e. The van der Waals surface area contributed by atoms with E-state index >= 15 is 0 Å². The Kier molecular flexibility index (Phi) is 5.48. The number of ether oxygens (including phenoxy) is 3. The number of aliphatic hydroxyl groups is 3. The molecule has 7 heteroatoms. The van der Waals surface area contributed by atoms with Gasteiger partial charge >= 0.3 is 5.97 Å². The summed E-state index contributed by atoms with van der Waals surface area (Å²) in [7, 11) is 0. The third-order valence-corrected chi connectivity index (χ3v) is 7.90. The van der Waals surface area contributed by atoms with Gasteiger partial charge in [-0.3, -0.25) is 0 Å². The summed E-state index contributed by atoms with van der Waals surface area (Å²) in [6.07, 6.45) is 7.27. The van der Waals surface area contributed by atoms with E-state index in [1.807, 2.05) is 0 Å². The van der Waals surface area contributed by atoms with E-state index in [9.17, 15) is 20.1 Å². The zero-order chi connectivity index (χ0) is 21.7. The summed E-state index contributed by atoms with van der Waals surface area (Å²) < 4.78 is 18.3. The highest BCUT2D eigenvalue weighted by atomic mass is 16.6. The number of carbonyl (C=O) groups excluding carboxylic acids is 1. The first kappa shape index (κ1) is 21.7. The molecule has 30 heavy (non-hydrogen) atoms. The van der Waals surface area contributed by atoms with Gasteiger partial charge < -0.3 is 29.5 Å². The molecule has 1 saturated carbocycles. The molecular formula is C23H32O7. The molecule has 1 spiro atoms. The van der Waals surface area contributed by atoms with Crippen LogP contribution in [0, 0.1) is 10.8 Å². The summed E-state index contributed by atoms with van der Waals surface area (Å²) in [6.45, 7) is 6.14. The Hall–Kier alpha value is -1.51. The number of rotatable bonds is 6. The molecule has 2 heterocycles. The van der Waals surface area contributed by atoms with Crippen LogP contribution in [0.1, 0.15) is 40.0 Å². The van der Waals surface area contributed by atoms with Crippen LogP contribution in [-0.4, -0.2) is 70.6 Å². The van der Waals surface area contributed by atoms with Crippen LogP contribution in [0.4, 0.5) is 0 Å². The van der Waals surface area contributed by atoms with Crippen LogP contribution >= 0.6 is 0 Å². The van der Waals surface area contributed by atoms with Gasteiger partial charge in [0.15, 0.2) is 0 Å². The number of carbonyl (C=O) groups is 1. The monoisotopic (exact) mass is 420 g/mol. The van der Waals surface area contributed by atoms with Gasteiger partial charge in [-0.1, -0.05) is 36.8 Å². The maximum Gasteiger partial charge on any atom is 0.331 e. The van der Waals surface area contributed by atoms with Gasteiger partial charge in [-0.2, -0.15) is 0 Å². The van der Waals surface area contributed by atoms with Crippen LogP contribution < -0.4 is 0 Å². The molecule has 0 aromatic carbocycles. The van der Waals surface area contributed by atoms with E-state index in [-0.39, 0.29) is 18.8 Å². The van der Waals surface area contributed by atoms with Crippen LogP contribution in [0.3, 0.4) is 0 Å². The van der Waals surface area contributed by atoms with Crippen molar-refractivity contribution in [3.63, 3.8) is 0 Å². The number of fused-ring (bicyclic) bond motifs is 2. The normalized spacial score (nSPS) is 44.2. The second kappa shape index (κ2) is 7.57. The van der Waals surface area contributed by atoms with Crippen LogP contribution in [0.15, 0.2) is 36.0 Å². The third kappa shape index (κ3) is 3.02. The Labute approximate surface area is 177 Å². The molecule has 1 unspecified atom stereocenters. The van der Waals surface area contributed by atoms with Gasteiger partial charge in [0.1, 0.15) is 11.7 Å². The SMILES string of the molecule is CC1=C[C@H]2O[C@@H]3C[C@@H](OC(=O)/C=C/C=C/C(O)[C@H](C)O)[C@](C)([C@]2(CO)CC1)[C@]31CO1. The van der Waals surface area contributed by atoms with E-state index in [2.05, 4.69) is 19.9 Å². The largest absolute Gasteiger partial charge is 0.458 e. The molecule has 2 aliphatic heterocycles. The van der Waals surface area contributed by atoms with Crippen LogP contribution in [0.5, 0.6) is 0 Å². The summed E-state index contributed by atoms with van der Waals surface area (Å²) in [6, 6.07) is 0. The van der Waals surface area contributed by atoms with E-state index in [4.69, 9.17) is 14.2 Å². The van der Waals surface area contributed by atoms with E-state index in [0.717, 1.165) is 12.8 Å². The maximum atomic E-state index is 12.5. The Balaban J connectivity index is 1.55. The highest BCUT2D eigenvalue weighted by Crippen LogP contribution is 2.71. The van der Waals surface area contributed by atoms with Gasteiger partial charge in [0.2, 0.25) is 0 Å². The molecule has 0 aromatic rings. The number of hydrogen-bond acceptors (Lipinski definition) is 7. The van der Waals surface area contributed by atoms with Crippen molar-refractivity contribution in [3.05, 3.63) is 36.0 Å². The Morgan fingerprint density at radius 2 is 2.13 bits per heavy atom. The summed E-state index contributed by atoms with van der Waals surface area (Å²) in [5, 5.41) is 29.4. The van der Waals surface area contributed by atoms with Crippen molar-refractivity contribution in [2.45, 2.75) is 76.2 Å². The van der Waals surface area contributed by atoms with Crippen molar-refractivity contribution in [2.75, 3.05) is 13.2 Å². The Morgan fingerprint density at radius 1 is 1.40 bits per heavy atom. The number of aliphatic hydroxyl groups excluding tert-OH is 3. The van der Waals surface area contributed by atoms with Crippen LogP contribution in [0.2, 0.25) is 0 Å². The first-order chi connectivity index (χ1) is 14.2. The lowest BCUT2D eigenvalue weighted by atomic mass is 9.51. The molecule has 8 atom stereocenters. The van der Waals surface area contributed by atoms with Gasteiger partial charge in [0.25, 0.3) is 0 Å². The van der Waals surface area contributed by atoms with Gasteiger partial charge in [0, 0.05) is 23.3 Å². The number of esters is 1. The molecule has 0 amide bonds. The van der Waals surface area contributed by atoms with Crippen molar-refractivity contribution >= 4 is 5.97 Å². The molecule has 2 saturated heterocycles. The molecule has 3 fully saturated rings. The molecule has 0 radical (unpaired) electrons. The summed E-state index contributed by atoms with van der Waals surface area (Å²) >= 11 is 0. The average molecular weight is 421 g/mol. The second-order valence-electron chi connectivity index (χ2n) is 9.39. The van der Waals surface area contributed by atoms with Crippen molar-refractivity contribution in [3.8, 4) is 0 Å². The highest BCUT2D eigenvalue weighted by Gasteiger charge is 2.82. The van der Waals surface area contributed by atoms with Crippen LogP contribution in [0.25, 0.3) is 0 Å². The molecule has 4 aliphatic rings. The first-order valence-electron chi connectivity index (χ1n) is 10.7. The van der Waals surface area contributed by atoms with Crippen molar-refractivity contribution in [1.82, 2.24) is 0 Å². The van der Waals surface area contributed by atoms with Gasteiger partial charge in [0.05, 0.1) is 37.6 Å². The minimum absolute atomic E-state index is 0.0559. The predicted molar refractivity (Wildman–Crippen MR) is 108 cm³/mol. The topological polar surface area (TPSA) is 109 Å². The summed E-state index contributed by atoms with van der Waals surface area (Å²) in [5.74, 6) is -0.493.